The Hall–Kier alpha value is -9.91. The van der Waals surface area contributed by atoms with Crippen LogP contribution >= 0.6 is 0 Å². The molecule has 11 aromatic carbocycles. The van der Waals surface area contributed by atoms with Crippen molar-refractivity contribution >= 4 is 5.97 Å². The summed E-state index contributed by atoms with van der Waals surface area (Å²) < 4.78 is 144. The van der Waals surface area contributed by atoms with Crippen molar-refractivity contribution in [3.63, 3.8) is 0 Å². The number of carbonyl (C=O) groups excluding carboxylic acids is 1. The van der Waals surface area contributed by atoms with Crippen LogP contribution in [-0.4, -0.2) is 167 Å². The van der Waals surface area contributed by atoms with E-state index in [0.29, 0.717) is 0 Å². The third-order valence-electron chi connectivity index (χ3n) is 22.4. The van der Waals surface area contributed by atoms with E-state index >= 15 is 0 Å². The van der Waals surface area contributed by atoms with E-state index < -0.39 is 135 Å². The van der Waals surface area contributed by atoms with E-state index in [1.165, 1.54) is 6.92 Å². The molecule has 0 bridgehead atoms. The number of methoxy groups -OCH3 is 1. The van der Waals surface area contributed by atoms with Crippen molar-refractivity contribution in [2.24, 2.45) is 0 Å². The van der Waals surface area contributed by atoms with Crippen LogP contribution in [0.2, 0.25) is 0 Å². The minimum atomic E-state index is -1.55. The lowest BCUT2D eigenvalue weighted by atomic mass is 9.94. The third-order valence-corrected chi connectivity index (χ3v) is 22.4. The predicted molar refractivity (Wildman–Crippen MR) is 467 cm³/mol. The number of hydrogen-bond acceptors (Lipinski definition) is 22. The summed E-state index contributed by atoms with van der Waals surface area (Å²) in [7, 11) is 1.62. The van der Waals surface area contributed by atoms with E-state index in [1.54, 1.807) is 7.11 Å². The average Bonchev–Trinajstić information content (AvgIpc) is 0.752. The van der Waals surface area contributed by atoms with Gasteiger partial charge in [-0.1, -0.05) is 334 Å². The Kier molecular flexibility index (Phi) is 34.8. The highest BCUT2D eigenvalue weighted by atomic mass is 16.8. The molecule has 4 aliphatic heterocycles. The van der Waals surface area contributed by atoms with Crippen molar-refractivity contribution in [1.82, 2.24) is 0 Å². The zero-order chi connectivity index (χ0) is 86.1. The molecule has 4 heterocycles. The molecule has 4 fully saturated rings. The SMILES string of the molecule is CO[C@@H]1[C@H](OCc2ccccc2)[C@@H](OCc2ccccc2)[C@H](O[C@@H]2[C@H](OCc3ccccc3)[C@@H](OCc3ccccc3)[C@H](O[C@@H]3[C@H](OCc4ccccc4)[C@@H](OCc4ccccc4)[C@H](O[C@@H]4[C@H](OCc5ccccc5)[C@@H](OCc5ccccc5)[C@H](O)O[C@@H]4COCc4ccccc4)O[C@@H]3COCc3ccccc3)O[C@@H]2COC(C)=O)O[C@@H]1COCc1ccccc1. The second kappa shape index (κ2) is 48.3. The summed E-state index contributed by atoms with van der Waals surface area (Å²) in [4.78, 5) is 13.7. The molecule has 4 saturated heterocycles. The van der Waals surface area contributed by atoms with Gasteiger partial charge in [0.05, 0.1) is 92.5 Å². The Morgan fingerprint density at radius 2 is 0.429 bits per heavy atom. The fourth-order valence-corrected chi connectivity index (χ4v) is 16.0. The molecule has 0 radical (unpaired) electrons. The van der Waals surface area contributed by atoms with Crippen LogP contribution in [0.5, 0.6) is 0 Å². The second-order valence-corrected chi connectivity index (χ2v) is 31.6. The van der Waals surface area contributed by atoms with E-state index in [9.17, 15) is 9.90 Å². The van der Waals surface area contributed by atoms with Crippen LogP contribution in [0.4, 0.5) is 0 Å². The monoisotopic (exact) mass is 1710 g/mol. The number of hydrogen-bond donors (Lipinski definition) is 1. The molecular formula is C104H112O22. The van der Waals surface area contributed by atoms with Crippen LogP contribution in [0.15, 0.2) is 334 Å². The molecule has 0 saturated carbocycles. The van der Waals surface area contributed by atoms with Crippen LogP contribution in [0.1, 0.15) is 68.1 Å². The Morgan fingerprint density at radius 1 is 0.238 bits per heavy atom. The third kappa shape index (κ3) is 26.4. The van der Waals surface area contributed by atoms with E-state index in [0.717, 1.165) is 61.2 Å². The summed E-state index contributed by atoms with van der Waals surface area (Å²) in [5, 5.41) is 12.5. The first-order chi connectivity index (χ1) is 62.2. The van der Waals surface area contributed by atoms with Crippen molar-refractivity contribution in [3.05, 3.63) is 395 Å². The van der Waals surface area contributed by atoms with Gasteiger partial charge in [-0.05, 0) is 61.2 Å². The molecule has 0 spiro atoms. The smallest absolute Gasteiger partial charge is 0.302 e. The molecule has 660 valence electrons. The Bertz CT molecular complexity index is 4840. The summed E-state index contributed by atoms with van der Waals surface area (Å²) in [5.74, 6) is -0.607. The summed E-state index contributed by atoms with van der Waals surface area (Å²) >= 11 is 0. The number of carbonyl (C=O) groups is 1. The van der Waals surface area contributed by atoms with Crippen molar-refractivity contribution < 1.29 is 105 Å². The minimum Gasteiger partial charge on any atom is -0.463 e. The van der Waals surface area contributed by atoms with Gasteiger partial charge in [0, 0.05) is 14.0 Å². The maximum atomic E-state index is 13.7. The van der Waals surface area contributed by atoms with Crippen LogP contribution in [0.3, 0.4) is 0 Å². The number of aliphatic hydroxyl groups excluding tert-OH is 1. The molecule has 4 aliphatic rings. The maximum absolute atomic E-state index is 13.7. The lowest BCUT2D eigenvalue weighted by Gasteiger charge is -2.52. The van der Waals surface area contributed by atoms with Gasteiger partial charge in [0.15, 0.2) is 25.2 Å². The molecular weight excluding hydrogens is 1600 g/mol. The van der Waals surface area contributed by atoms with Crippen molar-refractivity contribution in [3.8, 4) is 0 Å². The van der Waals surface area contributed by atoms with Gasteiger partial charge in [0.25, 0.3) is 0 Å². The number of esters is 1. The molecule has 15 rings (SSSR count). The van der Waals surface area contributed by atoms with Gasteiger partial charge >= 0.3 is 5.97 Å². The highest BCUT2D eigenvalue weighted by molar-refractivity contribution is 5.65. The number of benzene rings is 11. The van der Waals surface area contributed by atoms with Crippen LogP contribution in [0, 0.1) is 0 Å². The second-order valence-electron chi connectivity index (χ2n) is 31.6. The van der Waals surface area contributed by atoms with Gasteiger partial charge in [-0.15, -0.1) is 0 Å². The van der Waals surface area contributed by atoms with Crippen molar-refractivity contribution in [1.29, 1.82) is 0 Å². The van der Waals surface area contributed by atoms with E-state index in [4.69, 9.17) is 94.7 Å². The summed E-state index contributed by atoms with van der Waals surface area (Å²) in [6.07, 6.45) is -23.9. The molecule has 1 N–H and O–H groups in total. The van der Waals surface area contributed by atoms with E-state index in [1.807, 2.05) is 334 Å². The normalized spacial score (nSPS) is 26.1. The number of rotatable bonds is 45. The summed E-state index contributed by atoms with van der Waals surface area (Å²) in [6.45, 7) is 1.68. The van der Waals surface area contributed by atoms with Gasteiger partial charge in [-0.3, -0.25) is 4.79 Å². The molecule has 22 nitrogen and oxygen atoms in total. The van der Waals surface area contributed by atoms with Gasteiger partial charge in [0.1, 0.15) is 104 Å². The van der Waals surface area contributed by atoms with Crippen molar-refractivity contribution in [2.75, 3.05) is 33.5 Å². The molecule has 0 unspecified atom stereocenters. The van der Waals surface area contributed by atoms with Gasteiger partial charge in [-0.2, -0.15) is 0 Å². The molecule has 22 heteroatoms. The zero-order valence-corrected chi connectivity index (χ0v) is 70.9. The summed E-state index contributed by atoms with van der Waals surface area (Å²) in [5.41, 5.74) is 9.45. The quantitative estimate of drug-likeness (QED) is 0.0350. The minimum absolute atomic E-state index is 0.00166. The Morgan fingerprint density at radius 3 is 0.667 bits per heavy atom. The Labute approximate surface area is 737 Å². The van der Waals surface area contributed by atoms with Crippen molar-refractivity contribution in [2.45, 2.75) is 202 Å². The first-order valence-corrected chi connectivity index (χ1v) is 43.2. The highest BCUT2D eigenvalue weighted by Gasteiger charge is 2.59. The standard InChI is InChI=1S/C104H112O22/c1-73(105)111-72-88-92(126-102-98(117-66-82-52-30-11-31-53-82)93(112-61-77-42-20-6-21-43-77)89(107-2)85(121-102)69-108-58-74-36-14-3-15-37-74)96(115-64-80-48-26-9-27-49-80)100(119-68-84-56-34-13-35-57-84)104(123-88)125-91-87(71-110-60-76-40-18-5-19-41-76)122-103(99(118-67-83-54-32-12-33-55-83)95(91)114-63-79-46-24-8-25-47-79)124-90-86(70-109-59-75-38-16-4-17-39-75)120-101(106)97(116-65-81-50-28-10-29-51-81)94(90)113-62-78-44-22-7-23-45-78/h3-57,85-104,106H,58-72H2,1-2H3/t85-,86-,87-,88-,89+,90+,91+,92+,93+,94+,95+,96+,97-,98-,99-,100-,101-,102+,103+,104+/m1/s1. The fourth-order valence-electron chi connectivity index (χ4n) is 16.0. The first kappa shape index (κ1) is 90.9. The van der Waals surface area contributed by atoms with Gasteiger partial charge in [-0.25, -0.2) is 0 Å². The molecule has 0 aliphatic carbocycles. The highest BCUT2D eigenvalue weighted by Crippen LogP contribution is 2.42. The molecule has 0 amide bonds. The average molecular weight is 1710 g/mol. The fraction of sp³-hybridized carbons (Fsp3) is 0.356. The van der Waals surface area contributed by atoms with E-state index in [2.05, 4.69) is 0 Å². The van der Waals surface area contributed by atoms with Gasteiger partial charge < -0.3 is 99.8 Å². The predicted octanol–water partition coefficient (Wildman–Crippen LogP) is 15.9. The zero-order valence-electron chi connectivity index (χ0n) is 70.9. The first-order valence-electron chi connectivity index (χ1n) is 43.2. The lowest BCUT2D eigenvalue weighted by Crippen LogP contribution is -2.69. The maximum Gasteiger partial charge on any atom is 0.302 e. The Balaban J connectivity index is 0.861. The molecule has 0 aromatic heterocycles. The summed E-state index contributed by atoms with van der Waals surface area (Å²) in [6, 6.07) is 108. The van der Waals surface area contributed by atoms with Gasteiger partial charge in [0.2, 0.25) is 0 Å². The molecule has 126 heavy (non-hydrogen) atoms. The molecule has 11 aromatic rings. The van der Waals surface area contributed by atoms with E-state index in [-0.39, 0.29) is 92.5 Å². The molecule has 20 atom stereocenters. The number of ether oxygens (including phenoxy) is 20. The van der Waals surface area contributed by atoms with Crippen LogP contribution in [0.25, 0.3) is 0 Å². The van der Waals surface area contributed by atoms with Crippen LogP contribution in [-0.2, 0) is 172 Å². The van der Waals surface area contributed by atoms with Crippen LogP contribution < -0.4 is 0 Å². The lowest BCUT2D eigenvalue weighted by molar-refractivity contribution is -0.402. The number of aliphatic hydroxyl groups is 1. The largest absolute Gasteiger partial charge is 0.463 e. The topological polar surface area (TPSA) is 222 Å².